The fourth-order valence-corrected chi connectivity index (χ4v) is 3.86. The van der Waals surface area contributed by atoms with Crippen LogP contribution in [0.4, 0.5) is 0 Å². The van der Waals surface area contributed by atoms with Crippen LogP contribution < -0.4 is 5.73 Å². The average molecular weight is 461 g/mol. The van der Waals surface area contributed by atoms with E-state index in [0.29, 0.717) is 5.56 Å². The highest BCUT2D eigenvalue weighted by molar-refractivity contribution is 5.97. The molecular formula is C27H28N2O5. The van der Waals surface area contributed by atoms with Crippen molar-refractivity contribution in [2.75, 3.05) is 0 Å². The van der Waals surface area contributed by atoms with Crippen LogP contribution in [0.25, 0.3) is 11.1 Å². The van der Waals surface area contributed by atoms with Gasteiger partial charge < -0.3 is 20.8 Å². The van der Waals surface area contributed by atoms with E-state index in [0.717, 1.165) is 27.8 Å². The predicted octanol–water partition coefficient (Wildman–Crippen LogP) is 3.52. The number of primary amides is 1. The molecular weight excluding hydrogens is 432 g/mol. The summed E-state index contributed by atoms with van der Waals surface area (Å²) in [6, 6.07) is 20.9. The van der Waals surface area contributed by atoms with Crippen LogP contribution in [-0.2, 0) is 22.7 Å². The Morgan fingerprint density at radius 2 is 1.59 bits per heavy atom. The van der Waals surface area contributed by atoms with Gasteiger partial charge in [-0.1, -0.05) is 60.2 Å². The third kappa shape index (κ3) is 6.30. The van der Waals surface area contributed by atoms with Crippen molar-refractivity contribution >= 4 is 17.8 Å². The number of amides is 2. The van der Waals surface area contributed by atoms with Gasteiger partial charge in [0.1, 0.15) is 6.04 Å². The second-order valence-electron chi connectivity index (χ2n) is 8.21. The minimum absolute atomic E-state index is 0.0663. The molecule has 3 aromatic rings. The Bertz CT molecular complexity index is 1170. The number of carbonyl (C=O) groups is 3. The zero-order chi connectivity index (χ0) is 24.7. The number of carboxylic acids is 1. The molecule has 0 aliphatic heterocycles. The lowest BCUT2D eigenvalue weighted by atomic mass is 10.0. The molecule has 34 heavy (non-hydrogen) atoms. The molecule has 0 aliphatic carbocycles. The molecule has 0 aliphatic rings. The van der Waals surface area contributed by atoms with Gasteiger partial charge in [-0.3, -0.25) is 14.4 Å². The molecule has 0 bridgehead atoms. The lowest BCUT2D eigenvalue weighted by Crippen LogP contribution is -2.47. The van der Waals surface area contributed by atoms with Gasteiger partial charge in [0.2, 0.25) is 5.91 Å². The molecule has 0 saturated carbocycles. The monoisotopic (exact) mass is 460 g/mol. The number of rotatable bonds is 10. The van der Waals surface area contributed by atoms with Gasteiger partial charge in [-0.25, -0.2) is 0 Å². The lowest BCUT2D eigenvalue weighted by molar-refractivity contribution is -0.137. The Balaban J connectivity index is 1.92. The second-order valence-corrected chi connectivity index (χ2v) is 8.21. The van der Waals surface area contributed by atoms with Crippen molar-refractivity contribution in [1.82, 2.24) is 4.90 Å². The Hall–Kier alpha value is -3.97. The zero-order valence-corrected chi connectivity index (χ0v) is 19.0. The number of nitrogens with two attached hydrogens (primary N) is 1. The summed E-state index contributed by atoms with van der Waals surface area (Å²) in [5, 5.41) is 18.5. The number of aliphatic hydroxyl groups is 1. The molecule has 2 amide bonds. The maximum Gasteiger partial charge on any atom is 0.303 e. The second kappa shape index (κ2) is 11.2. The first-order chi connectivity index (χ1) is 16.3. The molecule has 0 saturated heterocycles. The predicted molar refractivity (Wildman–Crippen MR) is 129 cm³/mol. The highest BCUT2D eigenvalue weighted by Gasteiger charge is 2.29. The molecule has 1 atom stereocenters. The van der Waals surface area contributed by atoms with Gasteiger partial charge in [0.25, 0.3) is 5.91 Å². The topological polar surface area (TPSA) is 121 Å². The molecule has 0 spiro atoms. The van der Waals surface area contributed by atoms with E-state index in [1.54, 1.807) is 24.3 Å². The van der Waals surface area contributed by atoms with E-state index in [4.69, 9.17) is 10.8 Å². The molecule has 0 radical (unpaired) electrons. The van der Waals surface area contributed by atoms with E-state index in [1.165, 1.54) is 4.90 Å². The van der Waals surface area contributed by atoms with Gasteiger partial charge in [-0.15, -0.1) is 0 Å². The molecule has 0 unspecified atom stereocenters. The molecule has 3 rings (SSSR count). The number of hydrogen-bond acceptors (Lipinski definition) is 4. The average Bonchev–Trinajstić information content (AvgIpc) is 2.83. The first-order valence-electron chi connectivity index (χ1n) is 11.0. The number of hydrogen-bond donors (Lipinski definition) is 3. The van der Waals surface area contributed by atoms with Crippen LogP contribution in [0.1, 0.15) is 39.9 Å². The molecule has 7 heteroatoms. The fraction of sp³-hybridized carbons (Fsp3) is 0.222. The normalized spacial score (nSPS) is 11.6. The van der Waals surface area contributed by atoms with E-state index < -0.39 is 23.8 Å². The van der Waals surface area contributed by atoms with Gasteiger partial charge in [0.05, 0.1) is 6.61 Å². The molecule has 4 N–H and O–H groups in total. The number of aliphatic carboxylic acids is 1. The molecule has 0 heterocycles. The zero-order valence-electron chi connectivity index (χ0n) is 19.0. The van der Waals surface area contributed by atoms with Crippen molar-refractivity contribution in [1.29, 1.82) is 0 Å². The van der Waals surface area contributed by atoms with E-state index in [1.807, 2.05) is 55.5 Å². The van der Waals surface area contributed by atoms with E-state index in [-0.39, 0.29) is 26.0 Å². The summed E-state index contributed by atoms with van der Waals surface area (Å²) in [5.41, 5.74) is 10.3. The Kier molecular flexibility index (Phi) is 8.16. The summed E-state index contributed by atoms with van der Waals surface area (Å²) in [6.07, 6.45) is -0.362. The van der Waals surface area contributed by atoms with Gasteiger partial charge in [-0.05, 0) is 53.8 Å². The number of aliphatic hydroxyl groups excluding tert-OH is 1. The van der Waals surface area contributed by atoms with Crippen LogP contribution >= 0.6 is 0 Å². The Morgan fingerprint density at radius 3 is 2.21 bits per heavy atom. The van der Waals surface area contributed by atoms with Crippen molar-refractivity contribution < 1.29 is 24.6 Å². The highest BCUT2D eigenvalue weighted by atomic mass is 16.4. The largest absolute Gasteiger partial charge is 0.481 e. The van der Waals surface area contributed by atoms with E-state index in [9.17, 15) is 19.5 Å². The summed E-state index contributed by atoms with van der Waals surface area (Å²) in [7, 11) is 0. The van der Waals surface area contributed by atoms with Gasteiger partial charge in [0, 0.05) is 18.5 Å². The quantitative estimate of drug-likeness (QED) is 0.427. The van der Waals surface area contributed by atoms with Crippen LogP contribution in [0.15, 0.2) is 72.8 Å². The number of carbonyl (C=O) groups excluding carboxylic acids is 2. The van der Waals surface area contributed by atoms with Crippen LogP contribution in [0.2, 0.25) is 0 Å². The SMILES string of the molecule is Cc1cccc(CN(C(=O)c2ccc(-c3cccc(CO)c3)cc2)[C@@H](CCC(=O)O)C(N)=O)c1. The summed E-state index contributed by atoms with van der Waals surface area (Å²) in [5.74, 6) is -2.23. The molecule has 0 aromatic heterocycles. The third-order valence-corrected chi connectivity index (χ3v) is 5.61. The van der Waals surface area contributed by atoms with Crippen molar-refractivity contribution in [3.05, 3.63) is 95.1 Å². The van der Waals surface area contributed by atoms with Gasteiger partial charge in [0.15, 0.2) is 0 Å². The molecule has 176 valence electrons. The van der Waals surface area contributed by atoms with Gasteiger partial charge >= 0.3 is 5.97 Å². The van der Waals surface area contributed by atoms with E-state index in [2.05, 4.69) is 0 Å². The summed E-state index contributed by atoms with van der Waals surface area (Å²) in [4.78, 5) is 38.3. The lowest BCUT2D eigenvalue weighted by Gasteiger charge is -2.30. The molecule has 3 aromatic carbocycles. The Morgan fingerprint density at radius 1 is 0.912 bits per heavy atom. The summed E-state index contributed by atoms with van der Waals surface area (Å²) in [6.45, 7) is 1.98. The van der Waals surface area contributed by atoms with Gasteiger partial charge in [-0.2, -0.15) is 0 Å². The first kappa shape index (κ1) is 24.7. The number of nitrogens with zero attached hydrogens (tertiary/aromatic N) is 1. The third-order valence-electron chi connectivity index (χ3n) is 5.61. The number of aryl methyl sites for hydroxylation is 1. The van der Waals surface area contributed by atoms with Crippen LogP contribution in [0.5, 0.6) is 0 Å². The van der Waals surface area contributed by atoms with Crippen LogP contribution in [0, 0.1) is 6.92 Å². The maximum atomic E-state index is 13.5. The standard InChI is InChI=1S/C27H28N2O5/c1-18-4-2-5-19(14-18)16-29(24(26(28)33)12-13-25(31)32)27(34)22-10-8-21(9-11-22)23-7-3-6-20(15-23)17-30/h2-11,14-15,24,30H,12-13,16-17H2,1H3,(H2,28,33)(H,31,32)/t24-/m0/s1. The smallest absolute Gasteiger partial charge is 0.303 e. The van der Waals surface area contributed by atoms with Crippen LogP contribution in [0.3, 0.4) is 0 Å². The van der Waals surface area contributed by atoms with Crippen molar-refractivity contribution in [3.63, 3.8) is 0 Å². The number of benzene rings is 3. The first-order valence-corrected chi connectivity index (χ1v) is 11.0. The van der Waals surface area contributed by atoms with Crippen molar-refractivity contribution in [3.8, 4) is 11.1 Å². The molecule has 7 nitrogen and oxygen atoms in total. The maximum absolute atomic E-state index is 13.5. The minimum Gasteiger partial charge on any atom is -0.481 e. The minimum atomic E-state index is -1.07. The van der Waals surface area contributed by atoms with Crippen molar-refractivity contribution in [2.24, 2.45) is 5.73 Å². The van der Waals surface area contributed by atoms with Crippen molar-refractivity contribution in [2.45, 2.75) is 39.0 Å². The van der Waals surface area contributed by atoms with E-state index >= 15 is 0 Å². The summed E-state index contributed by atoms with van der Waals surface area (Å²) >= 11 is 0. The molecule has 0 fully saturated rings. The summed E-state index contributed by atoms with van der Waals surface area (Å²) < 4.78 is 0. The number of carboxylic acid groups (broad SMARTS) is 1. The Labute approximate surface area is 198 Å². The fourth-order valence-electron chi connectivity index (χ4n) is 3.86. The van der Waals surface area contributed by atoms with Crippen LogP contribution in [-0.4, -0.2) is 38.9 Å². The highest BCUT2D eigenvalue weighted by Crippen LogP contribution is 2.23.